The van der Waals surface area contributed by atoms with Gasteiger partial charge >= 0.3 is 0 Å². The third-order valence-electron chi connectivity index (χ3n) is 14.7. The van der Waals surface area contributed by atoms with Gasteiger partial charge < -0.3 is 19.0 Å². The average molecular weight is 837 g/mol. The molecule has 7 aromatic carbocycles. The highest BCUT2D eigenvalue weighted by Gasteiger charge is 2.37. The van der Waals surface area contributed by atoms with Crippen LogP contribution >= 0.6 is 11.3 Å². The maximum atomic E-state index is 3.40. The van der Waals surface area contributed by atoms with Crippen LogP contribution in [0.2, 0.25) is 0 Å². The van der Waals surface area contributed by atoms with Crippen LogP contribution in [0.25, 0.3) is 87.3 Å². The van der Waals surface area contributed by atoms with Crippen LogP contribution in [-0.2, 0) is 17.6 Å². The second-order valence-corrected chi connectivity index (χ2v) is 19.2. The van der Waals surface area contributed by atoms with E-state index < -0.39 is 0 Å². The zero-order valence-electron chi connectivity index (χ0n) is 36.6. The minimum Gasteiger partial charge on any atom is -0.386 e. The highest BCUT2D eigenvalue weighted by Crippen LogP contribution is 2.47. The number of fused-ring (bicyclic) bond motifs is 12. The van der Waals surface area contributed by atoms with Crippen LogP contribution in [-0.4, -0.2) is 13.7 Å². The van der Waals surface area contributed by atoms with E-state index in [0.717, 1.165) is 38.6 Å². The molecule has 0 amide bonds. The maximum Gasteiger partial charge on any atom is 0.0700 e. The number of rotatable bonds is 10. The van der Waals surface area contributed by atoms with Crippen molar-refractivity contribution in [3.05, 3.63) is 179 Å². The molecule has 0 aliphatic carbocycles. The molecular weight excluding hydrogens is 785 g/mol. The van der Waals surface area contributed by atoms with Crippen molar-refractivity contribution in [2.45, 2.75) is 77.4 Å². The molecule has 63 heavy (non-hydrogen) atoms. The molecule has 0 saturated carbocycles. The molecule has 5 heterocycles. The van der Waals surface area contributed by atoms with Gasteiger partial charge in [0.15, 0.2) is 0 Å². The Hall–Kier alpha value is -6.56. The molecule has 2 unspecified atom stereocenters. The van der Waals surface area contributed by atoms with E-state index in [0.29, 0.717) is 0 Å². The molecule has 0 saturated heterocycles. The van der Waals surface area contributed by atoms with Crippen LogP contribution < -0.4 is 5.32 Å². The summed E-state index contributed by atoms with van der Waals surface area (Å²) in [5, 5.41) is 12.6. The van der Waals surface area contributed by atoms with Gasteiger partial charge in [-0.1, -0.05) is 119 Å². The number of aromatic nitrogens is 3. The molecule has 0 spiro atoms. The fraction of sp³-hybridized carbons (Fsp3) is 0.207. The predicted molar refractivity (Wildman–Crippen MR) is 271 cm³/mol. The number of nitrogens with one attached hydrogen (secondary N) is 1. The van der Waals surface area contributed by atoms with Crippen molar-refractivity contribution >= 4 is 92.9 Å². The Balaban J connectivity index is 1.06. The molecule has 0 bridgehead atoms. The zero-order valence-corrected chi connectivity index (χ0v) is 37.4. The van der Waals surface area contributed by atoms with E-state index in [1.807, 2.05) is 11.3 Å². The predicted octanol–water partition coefficient (Wildman–Crippen LogP) is 15.8. The van der Waals surface area contributed by atoms with Gasteiger partial charge in [-0.25, -0.2) is 0 Å². The number of nitrogens with zero attached hydrogens (tertiary/aromatic N) is 3. The number of hydrogen-bond acceptors (Lipinski definition) is 2. The molecule has 0 radical (unpaired) electrons. The van der Waals surface area contributed by atoms with Crippen LogP contribution in [0.3, 0.4) is 0 Å². The van der Waals surface area contributed by atoms with Crippen LogP contribution in [0.1, 0.15) is 81.4 Å². The highest BCUT2D eigenvalue weighted by molar-refractivity contribution is 7.19. The standard InChI is InChI=1S/C58H52N4S/c1-5-31-57(4,61-51-21-13-9-16-41(51)42-17-10-14-22-52(42)61)38-24-28-54-47(34-38)44-19-11-15-23-53(44)62(54)58(7-3,32-6-2)39-25-27-50-46(35-39)43-18-8-12-20-49(43)60(50)40-26-29-55-48(36-40)45-30-33-59-37-56(45)63-55/h8-30,33-36,59H,5-7,31-32,37H2,1-4H3. The van der Waals surface area contributed by atoms with Gasteiger partial charge in [-0.2, -0.15) is 0 Å². The summed E-state index contributed by atoms with van der Waals surface area (Å²) in [6.07, 6.45) is 9.49. The molecule has 1 aliphatic heterocycles. The summed E-state index contributed by atoms with van der Waals surface area (Å²) >= 11 is 1.90. The Kier molecular flexibility index (Phi) is 8.78. The van der Waals surface area contributed by atoms with E-state index in [-0.39, 0.29) is 11.1 Å². The molecule has 11 aromatic rings. The van der Waals surface area contributed by atoms with Gasteiger partial charge in [0.1, 0.15) is 0 Å². The van der Waals surface area contributed by atoms with E-state index in [4.69, 9.17) is 0 Å². The normalized spacial score (nSPS) is 14.9. The molecule has 4 nitrogen and oxygen atoms in total. The third kappa shape index (κ3) is 5.45. The summed E-state index contributed by atoms with van der Waals surface area (Å²) in [5.74, 6) is 0. The number of thiophene rings is 1. The summed E-state index contributed by atoms with van der Waals surface area (Å²) < 4.78 is 9.20. The lowest BCUT2D eigenvalue weighted by molar-refractivity contribution is 0.331. The van der Waals surface area contributed by atoms with Gasteiger partial charge in [-0.15, -0.1) is 11.3 Å². The van der Waals surface area contributed by atoms with E-state index in [1.54, 1.807) is 0 Å². The molecule has 5 heteroatoms. The Labute approximate surface area is 372 Å². The molecule has 12 rings (SSSR count). The monoisotopic (exact) mass is 836 g/mol. The number of para-hydroxylation sites is 4. The van der Waals surface area contributed by atoms with Gasteiger partial charge in [0, 0.05) is 81.6 Å². The Morgan fingerprint density at radius 3 is 1.75 bits per heavy atom. The molecular formula is C58H52N4S. The zero-order chi connectivity index (χ0) is 42.5. The minimum atomic E-state index is -0.274. The van der Waals surface area contributed by atoms with Crippen LogP contribution in [0.5, 0.6) is 0 Å². The summed E-state index contributed by atoms with van der Waals surface area (Å²) in [4.78, 5) is 1.41. The van der Waals surface area contributed by atoms with Crippen molar-refractivity contribution in [1.82, 2.24) is 19.0 Å². The van der Waals surface area contributed by atoms with Crippen LogP contribution in [0, 0.1) is 0 Å². The summed E-state index contributed by atoms with van der Waals surface area (Å²) in [6, 6.07) is 58.0. The van der Waals surface area contributed by atoms with Crippen LogP contribution in [0.15, 0.2) is 158 Å². The summed E-state index contributed by atoms with van der Waals surface area (Å²) in [5.41, 5.74) is 12.4. The molecule has 1 aliphatic rings. The number of hydrogen-bond donors (Lipinski definition) is 1. The molecule has 4 aromatic heterocycles. The highest BCUT2D eigenvalue weighted by atomic mass is 32.1. The first-order valence-corrected chi connectivity index (χ1v) is 23.8. The van der Waals surface area contributed by atoms with Gasteiger partial charge in [0.05, 0.1) is 22.1 Å². The SMILES string of the molecule is CCCC(C)(c1ccc2c(c1)c1ccccc1n2C(CC)(CCC)c1ccc2c(c1)c1ccccc1n2-c1ccc2sc3c(c2c1)C=CNC3)n1c2ccccc2c2ccccc21. The summed E-state index contributed by atoms with van der Waals surface area (Å²) in [7, 11) is 0. The van der Waals surface area contributed by atoms with Crippen molar-refractivity contribution in [3.63, 3.8) is 0 Å². The Morgan fingerprint density at radius 1 is 0.524 bits per heavy atom. The fourth-order valence-corrected chi connectivity index (χ4v) is 13.0. The lowest BCUT2D eigenvalue weighted by atomic mass is 9.81. The second kappa shape index (κ2) is 14.5. The minimum absolute atomic E-state index is 0.263. The van der Waals surface area contributed by atoms with Crippen molar-refractivity contribution in [2.24, 2.45) is 0 Å². The maximum absolute atomic E-state index is 3.40. The van der Waals surface area contributed by atoms with Gasteiger partial charge in [0.25, 0.3) is 0 Å². The lowest BCUT2D eigenvalue weighted by Crippen LogP contribution is -2.34. The first kappa shape index (κ1) is 38.1. The number of benzene rings is 7. The molecule has 1 N–H and O–H groups in total. The van der Waals surface area contributed by atoms with Gasteiger partial charge in [-0.05, 0) is 122 Å². The lowest BCUT2D eigenvalue weighted by Gasteiger charge is -2.37. The van der Waals surface area contributed by atoms with Gasteiger partial charge in [-0.3, -0.25) is 0 Å². The summed E-state index contributed by atoms with van der Waals surface area (Å²) in [6.45, 7) is 10.4. The smallest absolute Gasteiger partial charge is 0.0700 e. The quantitative estimate of drug-likeness (QED) is 0.146. The average Bonchev–Trinajstić information content (AvgIpc) is 4.07. The van der Waals surface area contributed by atoms with Crippen molar-refractivity contribution in [3.8, 4) is 5.69 Å². The first-order chi connectivity index (χ1) is 31.0. The topological polar surface area (TPSA) is 26.8 Å². The molecule has 2 atom stereocenters. The van der Waals surface area contributed by atoms with E-state index in [1.165, 1.54) is 103 Å². The van der Waals surface area contributed by atoms with E-state index in [2.05, 4.69) is 211 Å². The van der Waals surface area contributed by atoms with Gasteiger partial charge in [0.2, 0.25) is 0 Å². The fourth-order valence-electron chi connectivity index (χ4n) is 11.9. The van der Waals surface area contributed by atoms with Crippen molar-refractivity contribution < 1.29 is 0 Å². The third-order valence-corrected chi connectivity index (χ3v) is 15.9. The van der Waals surface area contributed by atoms with Crippen LogP contribution in [0.4, 0.5) is 0 Å². The second-order valence-electron chi connectivity index (χ2n) is 18.0. The molecule has 0 fully saturated rings. The van der Waals surface area contributed by atoms with E-state index in [9.17, 15) is 0 Å². The Bertz CT molecular complexity index is 3570. The largest absolute Gasteiger partial charge is 0.386 e. The van der Waals surface area contributed by atoms with Crippen molar-refractivity contribution in [2.75, 3.05) is 0 Å². The molecule has 310 valence electrons. The first-order valence-electron chi connectivity index (χ1n) is 23.0. The van der Waals surface area contributed by atoms with Crippen molar-refractivity contribution in [1.29, 1.82) is 0 Å². The van der Waals surface area contributed by atoms with E-state index >= 15 is 0 Å². The Morgan fingerprint density at radius 2 is 1.06 bits per heavy atom.